The molecular weight excluding hydrogens is 548 g/mol. The molecular formula is C30H30N2O10. The third kappa shape index (κ3) is 7.07. The van der Waals surface area contributed by atoms with Gasteiger partial charge in [-0.3, -0.25) is 24.0 Å². The second-order valence-electron chi connectivity index (χ2n) is 9.51. The Kier molecular flexibility index (Phi) is 9.48. The second kappa shape index (κ2) is 13.2. The minimum absolute atomic E-state index is 0.411. The fourth-order valence-corrected chi connectivity index (χ4v) is 4.70. The number of esters is 4. The Labute approximate surface area is 241 Å². The van der Waals surface area contributed by atoms with Gasteiger partial charge >= 0.3 is 23.9 Å². The van der Waals surface area contributed by atoms with Gasteiger partial charge in [0, 0.05) is 44.9 Å². The highest BCUT2D eigenvalue weighted by Crippen LogP contribution is 2.35. The normalized spacial score (nSPS) is 21.6. The SMILES string of the molecule is CC(=O)OC[C@H]1O[C@@H](n2nc(-c3ccccc3)c(-c3ccccc3)cc2=O)[C@H](OC(C)=O)[C@@H](OC(C)=O)[C@@H]1OC(C)=O. The topological polar surface area (TPSA) is 149 Å². The van der Waals surface area contributed by atoms with E-state index in [4.69, 9.17) is 23.7 Å². The van der Waals surface area contributed by atoms with E-state index in [0.717, 1.165) is 31.0 Å². The van der Waals surface area contributed by atoms with Crippen LogP contribution in [0.3, 0.4) is 0 Å². The number of aromatic nitrogens is 2. The molecule has 0 N–H and O–H groups in total. The lowest BCUT2D eigenvalue weighted by Gasteiger charge is -2.44. The number of hydrogen-bond donors (Lipinski definition) is 0. The fourth-order valence-electron chi connectivity index (χ4n) is 4.70. The van der Waals surface area contributed by atoms with Crippen molar-refractivity contribution in [2.24, 2.45) is 0 Å². The lowest BCUT2D eigenvalue weighted by atomic mass is 9.96. The van der Waals surface area contributed by atoms with Gasteiger partial charge in [-0.25, -0.2) is 0 Å². The summed E-state index contributed by atoms with van der Waals surface area (Å²) in [4.78, 5) is 61.8. The summed E-state index contributed by atoms with van der Waals surface area (Å²) in [5.74, 6) is -2.99. The zero-order chi connectivity index (χ0) is 30.4. The monoisotopic (exact) mass is 578 g/mol. The lowest BCUT2D eigenvalue weighted by molar-refractivity contribution is -0.271. The fraction of sp³-hybridized carbons (Fsp3) is 0.333. The Balaban J connectivity index is 1.92. The molecule has 2 heterocycles. The first-order valence-corrected chi connectivity index (χ1v) is 13.1. The number of carbonyl (C=O) groups is 4. The van der Waals surface area contributed by atoms with E-state index in [0.29, 0.717) is 16.8 Å². The summed E-state index contributed by atoms with van der Waals surface area (Å²) in [7, 11) is 0. The molecule has 3 aromatic rings. The van der Waals surface area contributed by atoms with Gasteiger partial charge in [0.05, 0.1) is 5.69 Å². The molecule has 2 aromatic carbocycles. The molecule has 12 nitrogen and oxygen atoms in total. The Morgan fingerprint density at radius 3 is 1.81 bits per heavy atom. The number of hydrogen-bond acceptors (Lipinski definition) is 11. The Bertz CT molecular complexity index is 1510. The van der Waals surface area contributed by atoms with Crippen molar-refractivity contribution in [3.05, 3.63) is 77.1 Å². The molecule has 1 aromatic heterocycles. The molecule has 1 aliphatic rings. The summed E-state index contributed by atoms with van der Waals surface area (Å²) in [6, 6.07) is 19.6. The highest BCUT2D eigenvalue weighted by Gasteiger charge is 2.53. The van der Waals surface area contributed by atoms with Crippen LogP contribution in [0.4, 0.5) is 0 Å². The van der Waals surface area contributed by atoms with E-state index in [1.807, 2.05) is 60.7 Å². The lowest BCUT2D eigenvalue weighted by Crippen LogP contribution is -2.61. The van der Waals surface area contributed by atoms with Crippen molar-refractivity contribution >= 4 is 23.9 Å². The van der Waals surface area contributed by atoms with Gasteiger partial charge in [0.15, 0.2) is 24.5 Å². The van der Waals surface area contributed by atoms with Gasteiger partial charge in [-0.2, -0.15) is 9.78 Å². The van der Waals surface area contributed by atoms with Gasteiger partial charge in [0.1, 0.15) is 12.7 Å². The van der Waals surface area contributed by atoms with Crippen LogP contribution >= 0.6 is 0 Å². The van der Waals surface area contributed by atoms with E-state index < -0.39 is 66.7 Å². The van der Waals surface area contributed by atoms with E-state index in [2.05, 4.69) is 5.10 Å². The van der Waals surface area contributed by atoms with Gasteiger partial charge < -0.3 is 23.7 Å². The molecule has 42 heavy (non-hydrogen) atoms. The van der Waals surface area contributed by atoms with Gasteiger partial charge in [0.2, 0.25) is 0 Å². The first-order valence-electron chi connectivity index (χ1n) is 13.1. The summed E-state index contributed by atoms with van der Waals surface area (Å²) >= 11 is 0. The highest BCUT2D eigenvalue weighted by molar-refractivity contribution is 5.80. The minimum Gasteiger partial charge on any atom is -0.463 e. The van der Waals surface area contributed by atoms with Crippen molar-refractivity contribution < 1.29 is 42.9 Å². The van der Waals surface area contributed by atoms with Crippen molar-refractivity contribution in [2.45, 2.75) is 58.3 Å². The van der Waals surface area contributed by atoms with Crippen molar-refractivity contribution in [2.75, 3.05) is 6.61 Å². The van der Waals surface area contributed by atoms with Gasteiger partial charge in [-0.1, -0.05) is 60.7 Å². The third-order valence-corrected chi connectivity index (χ3v) is 6.30. The van der Waals surface area contributed by atoms with Crippen LogP contribution in [0.2, 0.25) is 0 Å². The van der Waals surface area contributed by atoms with E-state index >= 15 is 0 Å². The van der Waals surface area contributed by atoms with Crippen LogP contribution in [0.1, 0.15) is 33.9 Å². The van der Waals surface area contributed by atoms with Crippen molar-refractivity contribution in [1.82, 2.24) is 9.78 Å². The maximum atomic E-state index is 13.7. The zero-order valence-corrected chi connectivity index (χ0v) is 23.4. The third-order valence-electron chi connectivity index (χ3n) is 6.30. The smallest absolute Gasteiger partial charge is 0.303 e. The molecule has 0 bridgehead atoms. The first kappa shape index (κ1) is 30.1. The summed E-state index contributed by atoms with van der Waals surface area (Å²) in [6.45, 7) is 4.11. The molecule has 1 aliphatic heterocycles. The van der Waals surface area contributed by atoms with Crippen LogP contribution in [0.15, 0.2) is 71.5 Å². The van der Waals surface area contributed by atoms with Crippen LogP contribution < -0.4 is 5.56 Å². The molecule has 0 amide bonds. The molecule has 0 spiro atoms. The molecule has 0 aliphatic carbocycles. The highest BCUT2D eigenvalue weighted by atomic mass is 16.7. The van der Waals surface area contributed by atoms with Crippen molar-refractivity contribution in [3.8, 4) is 22.4 Å². The quantitative estimate of drug-likeness (QED) is 0.287. The summed E-state index contributed by atoms with van der Waals surface area (Å²) in [6.07, 6.45) is -7.01. The predicted molar refractivity (Wildman–Crippen MR) is 147 cm³/mol. The van der Waals surface area contributed by atoms with E-state index in [1.165, 1.54) is 13.0 Å². The van der Waals surface area contributed by atoms with E-state index in [-0.39, 0.29) is 0 Å². The first-order chi connectivity index (χ1) is 20.0. The summed E-state index contributed by atoms with van der Waals surface area (Å²) in [5, 5.41) is 4.66. The number of benzene rings is 2. The molecule has 12 heteroatoms. The van der Waals surface area contributed by atoms with Crippen LogP contribution in [-0.2, 0) is 42.9 Å². The van der Waals surface area contributed by atoms with Gasteiger partial charge in [-0.05, 0) is 5.56 Å². The molecule has 0 saturated carbocycles. The number of rotatable bonds is 8. The van der Waals surface area contributed by atoms with E-state index in [9.17, 15) is 24.0 Å². The van der Waals surface area contributed by atoms with Crippen LogP contribution in [0.25, 0.3) is 22.4 Å². The average molecular weight is 579 g/mol. The van der Waals surface area contributed by atoms with Gasteiger partial charge in [0.25, 0.3) is 5.56 Å². The Morgan fingerprint density at radius 2 is 1.26 bits per heavy atom. The minimum atomic E-state index is -1.49. The maximum absolute atomic E-state index is 13.7. The zero-order valence-electron chi connectivity index (χ0n) is 23.4. The maximum Gasteiger partial charge on any atom is 0.303 e. The predicted octanol–water partition coefficient (Wildman–Crippen LogP) is 2.83. The molecule has 0 unspecified atom stereocenters. The number of ether oxygens (including phenoxy) is 5. The second-order valence-corrected chi connectivity index (χ2v) is 9.51. The average Bonchev–Trinajstić information content (AvgIpc) is 2.94. The van der Waals surface area contributed by atoms with Gasteiger partial charge in [-0.15, -0.1) is 0 Å². The summed E-state index contributed by atoms with van der Waals surface area (Å²) in [5.41, 5.74) is 1.72. The standard InChI is InChI=1S/C30H30N2O10/c1-17(33)38-16-24-27(39-18(2)34)28(40-19(3)35)29(41-20(4)36)30(42-24)32-25(37)15-23(21-11-7-5-8-12-21)26(31-32)22-13-9-6-10-14-22/h5-15,24,27-30H,16H2,1-4H3/t24-,27-,28+,29-,30-/m1/s1. The summed E-state index contributed by atoms with van der Waals surface area (Å²) < 4.78 is 28.7. The van der Waals surface area contributed by atoms with Crippen LogP contribution in [0, 0.1) is 0 Å². The molecule has 1 fully saturated rings. The molecule has 4 rings (SSSR count). The molecule has 5 atom stereocenters. The number of carbonyl (C=O) groups excluding carboxylic acids is 4. The largest absolute Gasteiger partial charge is 0.463 e. The van der Waals surface area contributed by atoms with Crippen molar-refractivity contribution in [3.63, 3.8) is 0 Å². The van der Waals surface area contributed by atoms with Crippen molar-refractivity contribution in [1.29, 1.82) is 0 Å². The number of nitrogens with zero attached hydrogens (tertiary/aromatic N) is 2. The molecule has 1 saturated heterocycles. The Morgan fingerprint density at radius 1 is 0.738 bits per heavy atom. The molecule has 220 valence electrons. The Hall–Kier alpha value is -4.84. The molecule has 0 radical (unpaired) electrons. The van der Waals surface area contributed by atoms with Crippen LogP contribution in [-0.4, -0.2) is 64.7 Å². The van der Waals surface area contributed by atoms with E-state index in [1.54, 1.807) is 0 Å². The van der Waals surface area contributed by atoms with Crippen LogP contribution in [0.5, 0.6) is 0 Å².